The Labute approximate surface area is 122 Å². The molecule has 1 aromatic carbocycles. The molecule has 0 aliphatic carbocycles. The molecule has 1 saturated heterocycles. The highest BCUT2D eigenvalue weighted by atomic mass is 16.5. The van der Waals surface area contributed by atoms with Crippen molar-refractivity contribution >= 4 is 22.9 Å². The van der Waals surface area contributed by atoms with Crippen LogP contribution in [-0.2, 0) is 11.2 Å². The maximum Gasteiger partial charge on any atom is 0.349 e. The molecule has 0 amide bonds. The standard InChI is InChI=1S/C16H17NO4/c1-2-11-3-4-14-12(9-11)15(13(10-18)16(19)21-14)17-5-7-20-8-6-17/h3-4,9-10H,2,5-8H2,1H3. The zero-order valence-corrected chi connectivity index (χ0v) is 11.9. The Morgan fingerprint density at radius 3 is 2.71 bits per heavy atom. The number of aldehydes is 1. The molecule has 1 aliphatic heterocycles. The van der Waals surface area contributed by atoms with Crippen LogP contribution in [0.2, 0.25) is 0 Å². The van der Waals surface area contributed by atoms with E-state index in [-0.39, 0.29) is 5.56 Å². The van der Waals surface area contributed by atoms with E-state index in [4.69, 9.17) is 9.15 Å². The molecule has 1 aliphatic rings. The average Bonchev–Trinajstić information content (AvgIpc) is 2.54. The smallest absolute Gasteiger partial charge is 0.349 e. The topological polar surface area (TPSA) is 59.8 Å². The van der Waals surface area contributed by atoms with Gasteiger partial charge in [-0.15, -0.1) is 0 Å². The molecule has 5 heteroatoms. The zero-order chi connectivity index (χ0) is 14.8. The maximum absolute atomic E-state index is 12.0. The molecule has 0 radical (unpaired) electrons. The second-order valence-corrected chi connectivity index (χ2v) is 5.05. The Morgan fingerprint density at radius 1 is 1.29 bits per heavy atom. The molecule has 0 bridgehead atoms. The van der Waals surface area contributed by atoms with Crippen LogP contribution in [0.5, 0.6) is 0 Å². The van der Waals surface area contributed by atoms with Gasteiger partial charge < -0.3 is 14.1 Å². The molecule has 2 aromatic rings. The van der Waals surface area contributed by atoms with Crippen LogP contribution in [0.15, 0.2) is 27.4 Å². The number of anilines is 1. The highest BCUT2D eigenvalue weighted by Gasteiger charge is 2.21. The summed E-state index contributed by atoms with van der Waals surface area (Å²) in [5, 5.41) is 0.818. The molecule has 0 saturated carbocycles. The third-order valence-electron chi connectivity index (χ3n) is 3.83. The summed E-state index contributed by atoms with van der Waals surface area (Å²) < 4.78 is 10.6. The third kappa shape index (κ3) is 2.45. The van der Waals surface area contributed by atoms with Gasteiger partial charge >= 0.3 is 5.63 Å². The van der Waals surface area contributed by atoms with E-state index in [0.717, 1.165) is 17.4 Å². The zero-order valence-electron chi connectivity index (χ0n) is 11.9. The highest BCUT2D eigenvalue weighted by molar-refractivity contribution is 5.99. The molecular weight excluding hydrogens is 270 g/mol. The van der Waals surface area contributed by atoms with Gasteiger partial charge in [0.1, 0.15) is 11.1 Å². The van der Waals surface area contributed by atoms with Gasteiger partial charge in [-0.2, -0.15) is 0 Å². The summed E-state index contributed by atoms with van der Waals surface area (Å²) >= 11 is 0. The van der Waals surface area contributed by atoms with Gasteiger partial charge in [0.2, 0.25) is 0 Å². The normalized spacial score (nSPS) is 15.4. The SMILES string of the molecule is CCc1ccc2oc(=O)c(C=O)c(N3CCOCC3)c2c1. The molecule has 0 N–H and O–H groups in total. The van der Waals surface area contributed by atoms with Crippen molar-refractivity contribution in [1.82, 2.24) is 0 Å². The Balaban J connectivity index is 2.29. The van der Waals surface area contributed by atoms with Crippen molar-refractivity contribution in [2.24, 2.45) is 0 Å². The van der Waals surface area contributed by atoms with Crippen molar-refractivity contribution in [2.75, 3.05) is 31.2 Å². The van der Waals surface area contributed by atoms with Gasteiger partial charge in [-0.3, -0.25) is 4.79 Å². The second kappa shape index (κ2) is 5.69. The minimum atomic E-state index is -0.580. The molecule has 1 fully saturated rings. The molecule has 0 spiro atoms. The molecule has 0 unspecified atom stereocenters. The fourth-order valence-electron chi connectivity index (χ4n) is 2.70. The summed E-state index contributed by atoms with van der Waals surface area (Å²) in [6.07, 6.45) is 1.47. The van der Waals surface area contributed by atoms with Crippen LogP contribution in [0.3, 0.4) is 0 Å². The van der Waals surface area contributed by atoms with Gasteiger partial charge in [0.15, 0.2) is 6.29 Å². The van der Waals surface area contributed by atoms with Crippen molar-refractivity contribution in [2.45, 2.75) is 13.3 Å². The number of hydrogen-bond donors (Lipinski definition) is 0. The Morgan fingerprint density at radius 2 is 2.05 bits per heavy atom. The van der Waals surface area contributed by atoms with Crippen LogP contribution < -0.4 is 10.5 Å². The summed E-state index contributed by atoms with van der Waals surface area (Å²) in [7, 11) is 0. The van der Waals surface area contributed by atoms with Gasteiger partial charge in [0.25, 0.3) is 0 Å². The minimum absolute atomic E-state index is 0.0950. The van der Waals surface area contributed by atoms with Crippen LogP contribution in [0.4, 0.5) is 5.69 Å². The largest absolute Gasteiger partial charge is 0.422 e. The van der Waals surface area contributed by atoms with Crippen LogP contribution in [0.1, 0.15) is 22.8 Å². The number of morpholine rings is 1. The molecule has 21 heavy (non-hydrogen) atoms. The number of rotatable bonds is 3. The lowest BCUT2D eigenvalue weighted by molar-refractivity contribution is 0.111. The first-order valence-electron chi connectivity index (χ1n) is 7.12. The van der Waals surface area contributed by atoms with Gasteiger partial charge in [0.05, 0.1) is 18.9 Å². The number of aryl methyl sites for hydroxylation is 1. The average molecular weight is 287 g/mol. The fourth-order valence-corrected chi connectivity index (χ4v) is 2.70. The van der Waals surface area contributed by atoms with Crippen LogP contribution in [0.25, 0.3) is 11.0 Å². The summed E-state index contributed by atoms with van der Waals surface area (Å²) in [5.74, 6) is 0. The fraction of sp³-hybridized carbons (Fsp3) is 0.375. The van der Waals surface area contributed by atoms with Gasteiger partial charge in [0, 0.05) is 18.5 Å². The first-order chi connectivity index (χ1) is 10.2. The van der Waals surface area contributed by atoms with Crippen LogP contribution >= 0.6 is 0 Å². The second-order valence-electron chi connectivity index (χ2n) is 5.05. The van der Waals surface area contributed by atoms with E-state index in [9.17, 15) is 9.59 Å². The molecule has 110 valence electrons. The molecule has 1 aromatic heterocycles. The molecule has 5 nitrogen and oxygen atoms in total. The van der Waals surface area contributed by atoms with E-state index in [0.29, 0.717) is 43.9 Å². The Hall–Kier alpha value is -2.14. The van der Waals surface area contributed by atoms with E-state index in [1.165, 1.54) is 0 Å². The highest BCUT2D eigenvalue weighted by Crippen LogP contribution is 2.29. The number of benzene rings is 1. The summed E-state index contributed by atoms with van der Waals surface area (Å²) in [4.78, 5) is 25.4. The first-order valence-corrected chi connectivity index (χ1v) is 7.12. The van der Waals surface area contributed by atoms with Gasteiger partial charge in [-0.05, 0) is 24.1 Å². The monoisotopic (exact) mass is 287 g/mol. The van der Waals surface area contributed by atoms with Crippen molar-refractivity contribution in [1.29, 1.82) is 0 Å². The predicted octanol–water partition coefficient (Wildman–Crippen LogP) is 2.00. The molecule has 3 rings (SSSR count). The first kappa shape index (κ1) is 13.8. The number of carbonyl (C=O) groups excluding carboxylic acids is 1. The van der Waals surface area contributed by atoms with Crippen LogP contribution in [0, 0.1) is 0 Å². The lowest BCUT2D eigenvalue weighted by atomic mass is 10.1. The lowest BCUT2D eigenvalue weighted by Crippen LogP contribution is -2.37. The third-order valence-corrected chi connectivity index (χ3v) is 3.83. The number of nitrogens with zero attached hydrogens (tertiary/aromatic N) is 1. The van der Waals surface area contributed by atoms with Crippen molar-refractivity contribution < 1.29 is 13.9 Å². The number of hydrogen-bond acceptors (Lipinski definition) is 5. The van der Waals surface area contributed by atoms with E-state index >= 15 is 0 Å². The van der Waals surface area contributed by atoms with Crippen molar-refractivity contribution in [3.8, 4) is 0 Å². The predicted molar refractivity (Wildman–Crippen MR) is 80.3 cm³/mol. The number of fused-ring (bicyclic) bond motifs is 1. The maximum atomic E-state index is 12.0. The van der Waals surface area contributed by atoms with E-state index in [1.54, 1.807) is 6.07 Å². The summed E-state index contributed by atoms with van der Waals surface area (Å²) in [6, 6.07) is 5.74. The number of carbonyl (C=O) groups is 1. The van der Waals surface area contributed by atoms with Crippen molar-refractivity contribution in [3.05, 3.63) is 39.7 Å². The molecule has 0 atom stereocenters. The summed E-state index contributed by atoms with van der Waals surface area (Å²) in [6.45, 7) is 4.57. The minimum Gasteiger partial charge on any atom is -0.422 e. The van der Waals surface area contributed by atoms with Crippen molar-refractivity contribution in [3.63, 3.8) is 0 Å². The Kier molecular flexibility index (Phi) is 3.75. The van der Waals surface area contributed by atoms with E-state index in [1.807, 2.05) is 17.0 Å². The summed E-state index contributed by atoms with van der Waals surface area (Å²) in [5.41, 5.74) is 1.85. The quantitative estimate of drug-likeness (QED) is 0.638. The van der Waals surface area contributed by atoms with Gasteiger partial charge in [-0.25, -0.2) is 4.79 Å². The van der Waals surface area contributed by atoms with E-state index in [2.05, 4.69) is 6.92 Å². The van der Waals surface area contributed by atoms with Crippen LogP contribution in [-0.4, -0.2) is 32.6 Å². The Bertz CT molecular complexity index is 729. The molecule has 2 heterocycles. The molecular formula is C16H17NO4. The van der Waals surface area contributed by atoms with E-state index < -0.39 is 5.63 Å². The van der Waals surface area contributed by atoms with Gasteiger partial charge in [-0.1, -0.05) is 13.0 Å². The number of ether oxygens (including phenoxy) is 1. The lowest BCUT2D eigenvalue weighted by Gasteiger charge is -2.30.